The first-order valence-electron chi connectivity index (χ1n) is 11.6. The molecular formula is C27H33ClN2O2. The first-order chi connectivity index (χ1) is 15.6. The molecule has 0 heterocycles. The maximum atomic E-state index is 13.6. The number of amides is 1. The number of allylic oxidation sites excluding steroid dienone is 1. The molecule has 1 atom stereocenters. The summed E-state index contributed by atoms with van der Waals surface area (Å²) in [6, 6.07) is 12.8. The van der Waals surface area contributed by atoms with E-state index in [-0.39, 0.29) is 11.8 Å². The van der Waals surface area contributed by atoms with Crippen molar-refractivity contribution in [2.75, 3.05) is 20.3 Å². The van der Waals surface area contributed by atoms with Crippen LogP contribution < -0.4 is 5.73 Å². The number of benzene rings is 2. The van der Waals surface area contributed by atoms with E-state index in [0.29, 0.717) is 30.6 Å². The lowest BCUT2D eigenvalue weighted by Gasteiger charge is -2.28. The molecule has 0 radical (unpaired) electrons. The van der Waals surface area contributed by atoms with Gasteiger partial charge in [0, 0.05) is 37.9 Å². The van der Waals surface area contributed by atoms with Crippen molar-refractivity contribution < 1.29 is 9.53 Å². The van der Waals surface area contributed by atoms with Gasteiger partial charge >= 0.3 is 0 Å². The minimum atomic E-state index is -0.222. The van der Waals surface area contributed by atoms with Crippen LogP contribution in [-0.4, -0.2) is 37.1 Å². The zero-order valence-corrected chi connectivity index (χ0v) is 19.6. The van der Waals surface area contributed by atoms with Crippen LogP contribution in [0.1, 0.15) is 47.1 Å². The highest BCUT2D eigenvalue weighted by atomic mass is 35.5. The van der Waals surface area contributed by atoms with Crippen LogP contribution in [0.4, 0.5) is 0 Å². The van der Waals surface area contributed by atoms with Gasteiger partial charge in [0.05, 0.1) is 5.92 Å². The maximum absolute atomic E-state index is 13.6. The second-order valence-electron chi connectivity index (χ2n) is 8.95. The zero-order valence-electron chi connectivity index (χ0n) is 18.9. The van der Waals surface area contributed by atoms with Crippen LogP contribution in [0.15, 0.2) is 42.5 Å². The van der Waals surface area contributed by atoms with Gasteiger partial charge in [0.2, 0.25) is 5.91 Å². The number of hydrogen-bond acceptors (Lipinski definition) is 3. The molecule has 2 N–H and O–H groups in total. The Morgan fingerprint density at radius 3 is 2.84 bits per heavy atom. The summed E-state index contributed by atoms with van der Waals surface area (Å²) < 4.78 is 5.17. The molecule has 4 nitrogen and oxygen atoms in total. The molecule has 0 bridgehead atoms. The van der Waals surface area contributed by atoms with Gasteiger partial charge in [0.25, 0.3) is 0 Å². The average molecular weight is 453 g/mol. The summed E-state index contributed by atoms with van der Waals surface area (Å²) in [6.45, 7) is 1.63. The SMILES string of the molecule is COCCCc1ccc(Cl)c(CN(C(=O)C(CN)Cc2cccc3c2C=CC3)C2CC2)c1. The molecule has 0 aromatic heterocycles. The second-order valence-corrected chi connectivity index (χ2v) is 9.36. The molecule has 2 aromatic rings. The Labute approximate surface area is 196 Å². The number of halogens is 1. The van der Waals surface area contributed by atoms with Gasteiger partial charge < -0.3 is 15.4 Å². The van der Waals surface area contributed by atoms with E-state index in [2.05, 4.69) is 42.5 Å². The monoisotopic (exact) mass is 452 g/mol. The lowest BCUT2D eigenvalue weighted by molar-refractivity contribution is -0.136. The fourth-order valence-electron chi connectivity index (χ4n) is 4.59. The summed E-state index contributed by atoms with van der Waals surface area (Å²) in [6.07, 6.45) is 10.0. The molecule has 1 unspecified atom stereocenters. The molecule has 1 saturated carbocycles. The van der Waals surface area contributed by atoms with Gasteiger partial charge in [-0.2, -0.15) is 0 Å². The number of hydrogen-bond donors (Lipinski definition) is 1. The molecule has 2 aliphatic rings. The van der Waals surface area contributed by atoms with E-state index >= 15 is 0 Å². The van der Waals surface area contributed by atoms with E-state index in [1.165, 1.54) is 22.3 Å². The molecule has 0 spiro atoms. The van der Waals surface area contributed by atoms with Crippen molar-refractivity contribution in [3.8, 4) is 0 Å². The quantitative estimate of drug-likeness (QED) is 0.498. The number of methoxy groups -OCH3 is 1. The first-order valence-corrected chi connectivity index (χ1v) is 12.0. The molecule has 2 aromatic carbocycles. The van der Waals surface area contributed by atoms with Gasteiger partial charge in [-0.05, 0) is 72.4 Å². The van der Waals surface area contributed by atoms with Crippen molar-refractivity contribution in [2.45, 2.75) is 51.1 Å². The summed E-state index contributed by atoms with van der Waals surface area (Å²) >= 11 is 6.54. The van der Waals surface area contributed by atoms with Crippen LogP contribution in [0.5, 0.6) is 0 Å². The van der Waals surface area contributed by atoms with Crippen molar-refractivity contribution >= 4 is 23.6 Å². The van der Waals surface area contributed by atoms with Crippen molar-refractivity contribution in [2.24, 2.45) is 11.7 Å². The lowest BCUT2D eigenvalue weighted by atomic mass is 9.92. The number of carbonyl (C=O) groups excluding carboxylic acids is 1. The van der Waals surface area contributed by atoms with E-state index in [4.69, 9.17) is 22.1 Å². The van der Waals surface area contributed by atoms with Gasteiger partial charge in [-0.25, -0.2) is 0 Å². The fourth-order valence-corrected chi connectivity index (χ4v) is 4.77. The first kappa shape index (κ1) is 23.0. The molecule has 5 heteroatoms. The van der Waals surface area contributed by atoms with Crippen LogP contribution in [0.3, 0.4) is 0 Å². The number of carbonyl (C=O) groups is 1. The topological polar surface area (TPSA) is 55.6 Å². The van der Waals surface area contributed by atoms with Crippen molar-refractivity contribution in [1.82, 2.24) is 4.90 Å². The number of ether oxygens (including phenoxy) is 1. The summed E-state index contributed by atoms with van der Waals surface area (Å²) in [5.74, 6) is -0.0739. The summed E-state index contributed by atoms with van der Waals surface area (Å²) in [5, 5.41) is 0.717. The van der Waals surface area contributed by atoms with Gasteiger partial charge in [-0.3, -0.25) is 4.79 Å². The lowest BCUT2D eigenvalue weighted by Crippen LogP contribution is -2.41. The minimum Gasteiger partial charge on any atom is -0.385 e. The van der Waals surface area contributed by atoms with Crippen molar-refractivity contribution in [3.05, 3.63) is 75.3 Å². The van der Waals surface area contributed by atoms with E-state index < -0.39 is 0 Å². The van der Waals surface area contributed by atoms with Crippen molar-refractivity contribution in [3.63, 3.8) is 0 Å². The maximum Gasteiger partial charge on any atom is 0.227 e. The van der Waals surface area contributed by atoms with Crippen LogP contribution in [0, 0.1) is 5.92 Å². The van der Waals surface area contributed by atoms with Crippen LogP contribution in [0.2, 0.25) is 5.02 Å². The molecule has 0 saturated heterocycles. The zero-order chi connectivity index (χ0) is 22.5. The van der Waals surface area contributed by atoms with Crippen LogP contribution in [-0.2, 0) is 35.3 Å². The van der Waals surface area contributed by atoms with E-state index in [1.54, 1.807) is 7.11 Å². The normalized spacial score (nSPS) is 15.6. The van der Waals surface area contributed by atoms with Gasteiger partial charge in [0.1, 0.15) is 0 Å². The largest absolute Gasteiger partial charge is 0.385 e. The predicted octanol–water partition coefficient (Wildman–Crippen LogP) is 4.80. The minimum absolute atomic E-state index is 0.149. The molecule has 4 rings (SSSR count). The third-order valence-electron chi connectivity index (χ3n) is 6.54. The predicted molar refractivity (Wildman–Crippen MR) is 131 cm³/mol. The Kier molecular flexibility index (Phi) is 7.67. The summed E-state index contributed by atoms with van der Waals surface area (Å²) in [5.41, 5.74) is 12.2. The van der Waals surface area contributed by atoms with E-state index in [9.17, 15) is 4.79 Å². The highest BCUT2D eigenvalue weighted by Crippen LogP contribution is 2.33. The van der Waals surface area contributed by atoms with Crippen LogP contribution in [0.25, 0.3) is 6.08 Å². The summed E-state index contributed by atoms with van der Waals surface area (Å²) in [7, 11) is 1.72. The van der Waals surface area contributed by atoms with E-state index in [0.717, 1.165) is 44.3 Å². The molecule has 32 heavy (non-hydrogen) atoms. The van der Waals surface area contributed by atoms with Crippen LogP contribution >= 0.6 is 11.6 Å². The Morgan fingerprint density at radius 1 is 1.25 bits per heavy atom. The second kappa shape index (κ2) is 10.7. The number of aryl methyl sites for hydroxylation is 1. The molecule has 2 aliphatic carbocycles. The highest BCUT2D eigenvalue weighted by molar-refractivity contribution is 6.31. The fraction of sp³-hybridized carbons (Fsp3) is 0.444. The number of nitrogens with zero attached hydrogens (tertiary/aromatic N) is 1. The Balaban J connectivity index is 1.50. The Bertz CT molecular complexity index is 984. The summed E-state index contributed by atoms with van der Waals surface area (Å²) in [4.78, 5) is 15.7. The molecule has 170 valence electrons. The van der Waals surface area contributed by atoms with Gasteiger partial charge in [-0.15, -0.1) is 0 Å². The Morgan fingerprint density at radius 2 is 2.09 bits per heavy atom. The van der Waals surface area contributed by atoms with Crippen molar-refractivity contribution in [1.29, 1.82) is 0 Å². The highest BCUT2D eigenvalue weighted by Gasteiger charge is 2.36. The Hall–Kier alpha value is -2.14. The third-order valence-corrected chi connectivity index (χ3v) is 6.91. The van der Waals surface area contributed by atoms with Gasteiger partial charge in [-0.1, -0.05) is 54.1 Å². The molecule has 1 fully saturated rings. The molecule has 1 amide bonds. The number of fused-ring (bicyclic) bond motifs is 1. The van der Waals surface area contributed by atoms with Gasteiger partial charge in [0.15, 0.2) is 0 Å². The standard InChI is InChI=1S/C27H33ClN2O2/c1-32-14-4-5-19-10-13-26(28)23(15-19)18-30(24-11-12-24)27(31)22(17-29)16-21-8-2-6-20-7-3-9-25(20)21/h2-3,6,8-10,13,15,22,24H,4-5,7,11-12,14,16-18,29H2,1H3. The number of nitrogens with two attached hydrogens (primary N) is 1. The molecule has 0 aliphatic heterocycles. The molecular weight excluding hydrogens is 420 g/mol. The average Bonchev–Trinajstić information content (AvgIpc) is 3.52. The van der Waals surface area contributed by atoms with E-state index in [1.807, 2.05) is 11.0 Å². The number of rotatable bonds is 11. The third kappa shape index (κ3) is 5.43. The smallest absolute Gasteiger partial charge is 0.227 e.